The van der Waals surface area contributed by atoms with Gasteiger partial charge in [-0.1, -0.05) is 24.3 Å². The molecule has 1 aliphatic heterocycles. The summed E-state index contributed by atoms with van der Waals surface area (Å²) in [6.07, 6.45) is 1.85. The molecule has 0 amide bonds. The quantitative estimate of drug-likeness (QED) is 0.270. The van der Waals surface area contributed by atoms with E-state index in [1.807, 2.05) is 6.92 Å². The number of aliphatic imine (C=N–C) groups is 1. The maximum atomic E-state index is 10.6. The van der Waals surface area contributed by atoms with E-state index in [0.29, 0.717) is 30.9 Å². The third-order valence-electron chi connectivity index (χ3n) is 5.14. The van der Waals surface area contributed by atoms with Crippen molar-refractivity contribution in [3.63, 3.8) is 0 Å². The summed E-state index contributed by atoms with van der Waals surface area (Å²) in [6.45, 7) is 11.1. The lowest BCUT2D eigenvalue weighted by molar-refractivity contribution is -0.0212. The van der Waals surface area contributed by atoms with Gasteiger partial charge in [0.25, 0.3) is 0 Å². The summed E-state index contributed by atoms with van der Waals surface area (Å²) >= 11 is 0. The molecule has 1 fully saturated rings. The van der Waals surface area contributed by atoms with Crippen LogP contribution in [0.4, 0.5) is 0 Å². The Morgan fingerprint density at radius 1 is 1.26 bits per heavy atom. The monoisotopic (exact) mass is 542 g/mol. The first-order valence-electron chi connectivity index (χ1n) is 10.7. The summed E-state index contributed by atoms with van der Waals surface area (Å²) in [5.74, 6) is 1.19. The highest BCUT2D eigenvalue weighted by atomic mass is 127. The van der Waals surface area contributed by atoms with Crippen molar-refractivity contribution in [1.82, 2.24) is 15.5 Å². The molecule has 2 unspecified atom stereocenters. The second-order valence-corrected chi connectivity index (χ2v) is 8.04. The van der Waals surface area contributed by atoms with Crippen LogP contribution < -0.4 is 10.6 Å². The fraction of sp³-hybridized carbons (Fsp3) is 0.522. The van der Waals surface area contributed by atoms with Gasteiger partial charge in [-0.15, -0.1) is 24.0 Å². The lowest BCUT2D eigenvalue weighted by atomic mass is 10.0. The van der Waals surface area contributed by atoms with Gasteiger partial charge in [-0.3, -0.25) is 4.90 Å². The number of benzene rings is 1. The number of nitrogens with zero attached hydrogens (tertiary/aromatic N) is 2. The minimum absolute atomic E-state index is 0. The van der Waals surface area contributed by atoms with Gasteiger partial charge >= 0.3 is 0 Å². The maximum Gasteiger partial charge on any atom is 0.191 e. The van der Waals surface area contributed by atoms with Crippen molar-refractivity contribution in [2.45, 2.75) is 45.6 Å². The normalized spacial score (nSPS) is 19.4. The Balaban J connectivity index is 0.00000341. The van der Waals surface area contributed by atoms with Gasteiger partial charge in [0.05, 0.1) is 32.1 Å². The minimum atomic E-state index is -1.12. The number of guanidine groups is 1. The van der Waals surface area contributed by atoms with Gasteiger partial charge in [0.15, 0.2) is 5.96 Å². The van der Waals surface area contributed by atoms with Crippen LogP contribution >= 0.6 is 24.0 Å². The van der Waals surface area contributed by atoms with E-state index in [1.54, 1.807) is 25.3 Å². The highest BCUT2D eigenvalue weighted by Crippen LogP contribution is 2.19. The smallest absolute Gasteiger partial charge is 0.191 e. The topological polar surface area (TPSA) is 82.3 Å². The lowest BCUT2D eigenvalue weighted by Crippen LogP contribution is -2.44. The Morgan fingerprint density at radius 2 is 2.06 bits per heavy atom. The first-order chi connectivity index (χ1) is 14.5. The largest absolute Gasteiger partial charge is 0.466 e. The van der Waals surface area contributed by atoms with Crippen LogP contribution in [0.2, 0.25) is 0 Å². The van der Waals surface area contributed by atoms with Crippen LogP contribution in [0.1, 0.15) is 37.7 Å². The van der Waals surface area contributed by atoms with Crippen molar-refractivity contribution in [1.29, 1.82) is 0 Å². The van der Waals surface area contributed by atoms with Crippen molar-refractivity contribution in [3.8, 4) is 0 Å². The van der Waals surface area contributed by atoms with Gasteiger partial charge in [-0.2, -0.15) is 0 Å². The number of hydrogen-bond donors (Lipinski definition) is 3. The molecule has 0 bridgehead atoms. The molecule has 7 nitrogen and oxygen atoms in total. The van der Waals surface area contributed by atoms with Gasteiger partial charge in [-0.05, 0) is 44.0 Å². The van der Waals surface area contributed by atoms with E-state index < -0.39 is 5.60 Å². The molecule has 1 aromatic heterocycles. The molecule has 1 aliphatic rings. The van der Waals surface area contributed by atoms with E-state index in [-0.39, 0.29) is 24.0 Å². The van der Waals surface area contributed by atoms with E-state index in [9.17, 15) is 5.11 Å². The zero-order valence-corrected chi connectivity index (χ0v) is 21.0. The predicted molar refractivity (Wildman–Crippen MR) is 134 cm³/mol. The Hall–Kier alpha value is -1.62. The van der Waals surface area contributed by atoms with E-state index >= 15 is 0 Å². The van der Waals surface area contributed by atoms with Crippen molar-refractivity contribution >= 4 is 29.9 Å². The van der Waals surface area contributed by atoms with Crippen molar-refractivity contribution < 1.29 is 14.3 Å². The predicted octanol–water partition coefficient (Wildman–Crippen LogP) is 3.08. The number of aliphatic hydroxyl groups is 1. The van der Waals surface area contributed by atoms with E-state index in [2.05, 4.69) is 51.7 Å². The molecular weight excluding hydrogens is 507 g/mol. The van der Waals surface area contributed by atoms with Crippen LogP contribution in [-0.2, 0) is 23.4 Å². The fourth-order valence-electron chi connectivity index (χ4n) is 3.56. The molecule has 2 atom stereocenters. The van der Waals surface area contributed by atoms with Crippen molar-refractivity contribution in [3.05, 3.63) is 59.5 Å². The van der Waals surface area contributed by atoms with E-state index in [4.69, 9.17) is 9.15 Å². The Labute approximate surface area is 202 Å². The average Bonchev–Trinajstić information content (AvgIpc) is 3.26. The van der Waals surface area contributed by atoms with Gasteiger partial charge in [0, 0.05) is 26.2 Å². The summed E-state index contributed by atoms with van der Waals surface area (Å²) in [4.78, 5) is 7.12. The second-order valence-electron chi connectivity index (χ2n) is 8.04. The van der Waals surface area contributed by atoms with Crippen LogP contribution in [-0.4, -0.2) is 54.9 Å². The average molecular weight is 542 g/mol. The third kappa shape index (κ3) is 8.10. The molecule has 2 heterocycles. The molecule has 0 aliphatic carbocycles. The number of rotatable bonds is 8. The SMILES string of the molecule is CCNC(=NCc1cccc(CN2CCOC(C)C2)c1)NCC(C)(O)c1ccco1.I. The zero-order chi connectivity index (χ0) is 21.4. The molecule has 2 aromatic rings. The second kappa shape index (κ2) is 12.4. The summed E-state index contributed by atoms with van der Waals surface area (Å²) < 4.78 is 11.0. The first kappa shape index (κ1) is 25.6. The van der Waals surface area contributed by atoms with Crippen molar-refractivity contribution in [2.24, 2.45) is 4.99 Å². The highest BCUT2D eigenvalue weighted by Gasteiger charge is 2.26. The minimum Gasteiger partial charge on any atom is -0.466 e. The van der Waals surface area contributed by atoms with E-state index in [0.717, 1.165) is 38.3 Å². The molecule has 1 saturated heterocycles. The van der Waals surface area contributed by atoms with Crippen molar-refractivity contribution in [2.75, 3.05) is 32.8 Å². The molecule has 3 N–H and O–H groups in total. The van der Waals surface area contributed by atoms with Crippen LogP contribution in [0.15, 0.2) is 52.1 Å². The molecule has 8 heteroatoms. The maximum absolute atomic E-state index is 10.6. The van der Waals surface area contributed by atoms with Gasteiger partial charge in [0.1, 0.15) is 11.4 Å². The summed E-state index contributed by atoms with van der Waals surface area (Å²) in [5.41, 5.74) is 1.33. The van der Waals surface area contributed by atoms with Crippen LogP contribution in [0.5, 0.6) is 0 Å². The molecule has 0 radical (unpaired) electrons. The number of furan rings is 1. The molecule has 31 heavy (non-hydrogen) atoms. The molecule has 3 rings (SSSR count). The molecule has 0 spiro atoms. The Kier molecular flexibility index (Phi) is 10.3. The van der Waals surface area contributed by atoms with Crippen LogP contribution in [0.3, 0.4) is 0 Å². The number of halogens is 1. The van der Waals surface area contributed by atoms with Gasteiger partial charge < -0.3 is 24.9 Å². The van der Waals surface area contributed by atoms with E-state index in [1.165, 1.54) is 5.56 Å². The number of ether oxygens (including phenoxy) is 1. The molecule has 0 saturated carbocycles. The Bertz CT molecular complexity index is 811. The summed E-state index contributed by atoms with van der Waals surface area (Å²) in [7, 11) is 0. The Morgan fingerprint density at radius 3 is 2.77 bits per heavy atom. The fourth-order valence-corrected chi connectivity index (χ4v) is 3.56. The first-order valence-corrected chi connectivity index (χ1v) is 10.7. The third-order valence-corrected chi connectivity index (χ3v) is 5.14. The number of morpholine rings is 1. The van der Waals surface area contributed by atoms with Crippen LogP contribution in [0, 0.1) is 0 Å². The highest BCUT2D eigenvalue weighted by molar-refractivity contribution is 14.0. The standard InChI is InChI=1S/C23H34N4O3.HI/c1-4-24-22(26-17-23(3,28)21-9-6-11-30-21)25-14-19-7-5-8-20(13-19)16-27-10-12-29-18(2)15-27;/h5-9,11,13,18,28H,4,10,12,14-17H2,1-3H3,(H2,24,25,26);1H. The number of hydrogen-bond acceptors (Lipinski definition) is 5. The molecule has 1 aromatic carbocycles. The lowest BCUT2D eigenvalue weighted by Gasteiger charge is -2.31. The summed E-state index contributed by atoms with van der Waals surface area (Å²) in [5, 5.41) is 17.1. The van der Waals surface area contributed by atoms with Crippen LogP contribution in [0.25, 0.3) is 0 Å². The zero-order valence-electron chi connectivity index (χ0n) is 18.6. The molecule has 172 valence electrons. The van der Waals surface area contributed by atoms with Gasteiger partial charge in [-0.25, -0.2) is 4.99 Å². The summed E-state index contributed by atoms with van der Waals surface area (Å²) in [6, 6.07) is 12.1. The molecular formula is C23H35IN4O3. The van der Waals surface area contributed by atoms with Gasteiger partial charge in [0.2, 0.25) is 0 Å². The number of nitrogens with one attached hydrogen (secondary N) is 2.